The van der Waals surface area contributed by atoms with Crippen LogP contribution in [0.25, 0.3) is 0 Å². The smallest absolute Gasteiger partial charge is 0.268 e. The summed E-state index contributed by atoms with van der Waals surface area (Å²) in [7, 11) is 1.62. The molecule has 1 fully saturated rings. The second kappa shape index (κ2) is 6.96. The number of benzene rings is 1. The molecule has 1 aromatic carbocycles. The van der Waals surface area contributed by atoms with Crippen LogP contribution < -0.4 is 15.8 Å². The first-order chi connectivity index (χ1) is 11.9. The molecule has 2 N–H and O–H groups in total. The summed E-state index contributed by atoms with van der Waals surface area (Å²) in [4.78, 5) is 26.1. The number of anilines is 1. The van der Waals surface area contributed by atoms with Crippen LogP contribution in [0.1, 0.15) is 22.3 Å². The molecule has 0 radical (unpaired) electrons. The van der Waals surface area contributed by atoms with E-state index >= 15 is 0 Å². The van der Waals surface area contributed by atoms with E-state index in [4.69, 9.17) is 0 Å². The van der Waals surface area contributed by atoms with Gasteiger partial charge in [0.25, 0.3) is 11.5 Å². The number of carbonyl (C=O) groups is 1. The molecule has 25 heavy (non-hydrogen) atoms. The Labute approximate surface area is 145 Å². The largest absolute Gasteiger partial charge is 0.508 e. The van der Waals surface area contributed by atoms with Gasteiger partial charge in [0.15, 0.2) is 0 Å². The molecule has 0 spiro atoms. The molecule has 1 aliphatic rings. The van der Waals surface area contributed by atoms with Gasteiger partial charge < -0.3 is 15.3 Å². The number of aromatic nitrogens is 2. The SMILES string of the molecule is Cc1cc(C(=O)NC[C@@H]2CCN(c3cnn(C)c(=O)c3)C2)ccc1O. The van der Waals surface area contributed by atoms with Gasteiger partial charge in [-0.1, -0.05) is 0 Å². The van der Waals surface area contributed by atoms with Crippen molar-refractivity contribution in [2.75, 3.05) is 24.5 Å². The molecule has 1 amide bonds. The highest BCUT2D eigenvalue weighted by atomic mass is 16.3. The number of nitrogens with zero attached hydrogens (tertiary/aromatic N) is 3. The second-order valence-electron chi connectivity index (χ2n) is 6.49. The van der Waals surface area contributed by atoms with Crippen molar-refractivity contribution < 1.29 is 9.90 Å². The quantitative estimate of drug-likeness (QED) is 0.867. The summed E-state index contributed by atoms with van der Waals surface area (Å²) in [5.74, 6) is 0.369. The molecule has 1 aliphatic heterocycles. The Morgan fingerprint density at radius 2 is 2.20 bits per heavy atom. The summed E-state index contributed by atoms with van der Waals surface area (Å²) in [6.45, 7) is 3.96. The summed E-state index contributed by atoms with van der Waals surface area (Å²) in [6, 6.07) is 6.42. The van der Waals surface area contributed by atoms with Crippen molar-refractivity contribution in [1.29, 1.82) is 0 Å². The van der Waals surface area contributed by atoms with Crippen molar-refractivity contribution >= 4 is 11.6 Å². The van der Waals surface area contributed by atoms with Gasteiger partial charge in [-0.15, -0.1) is 0 Å². The zero-order valence-electron chi connectivity index (χ0n) is 14.4. The third-order valence-electron chi connectivity index (χ3n) is 4.61. The number of hydrogen-bond acceptors (Lipinski definition) is 5. The van der Waals surface area contributed by atoms with Gasteiger partial charge in [0, 0.05) is 38.3 Å². The molecule has 0 unspecified atom stereocenters. The highest BCUT2D eigenvalue weighted by Crippen LogP contribution is 2.22. The van der Waals surface area contributed by atoms with Crippen molar-refractivity contribution in [2.45, 2.75) is 13.3 Å². The van der Waals surface area contributed by atoms with Crippen LogP contribution in [-0.4, -0.2) is 40.4 Å². The van der Waals surface area contributed by atoms with E-state index in [1.54, 1.807) is 38.4 Å². The topological polar surface area (TPSA) is 87.5 Å². The van der Waals surface area contributed by atoms with Crippen LogP contribution in [0, 0.1) is 12.8 Å². The highest BCUT2D eigenvalue weighted by molar-refractivity contribution is 5.94. The van der Waals surface area contributed by atoms with Crippen LogP contribution in [-0.2, 0) is 7.05 Å². The first-order valence-electron chi connectivity index (χ1n) is 8.30. The van der Waals surface area contributed by atoms with Gasteiger partial charge in [-0.25, -0.2) is 4.68 Å². The maximum atomic E-state index is 12.2. The molecule has 1 saturated heterocycles. The van der Waals surface area contributed by atoms with E-state index in [0.717, 1.165) is 25.2 Å². The molecule has 7 nitrogen and oxygen atoms in total. The van der Waals surface area contributed by atoms with Crippen LogP contribution in [0.3, 0.4) is 0 Å². The zero-order valence-corrected chi connectivity index (χ0v) is 14.4. The number of hydrogen-bond donors (Lipinski definition) is 2. The van der Waals surface area contributed by atoms with Gasteiger partial charge in [0.2, 0.25) is 0 Å². The Morgan fingerprint density at radius 3 is 2.92 bits per heavy atom. The Morgan fingerprint density at radius 1 is 1.40 bits per heavy atom. The monoisotopic (exact) mass is 342 g/mol. The molecule has 0 bridgehead atoms. The van der Waals surface area contributed by atoms with E-state index in [0.29, 0.717) is 23.6 Å². The summed E-state index contributed by atoms with van der Waals surface area (Å²) in [6.07, 6.45) is 2.64. The van der Waals surface area contributed by atoms with Crippen LogP contribution >= 0.6 is 0 Å². The van der Waals surface area contributed by atoms with Gasteiger partial charge >= 0.3 is 0 Å². The number of phenols is 1. The minimum Gasteiger partial charge on any atom is -0.508 e. The number of aryl methyl sites for hydroxylation is 2. The van der Waals surface area contributed by atoms with Gasteiger partial charge in [0.05, 0.1) is 11.9 Å². The third-order valence-corrected chi connectivity index (χ3v) is 4.61. The van der Waals surface area contributed by atoms with Crippen molar-refractivity contribution in [3.05, 3.63) is 51.9 Å². The predicted molar refractivity (Wildman–Crippen MR) is 95.0 cm³/mol. The lowest BCUT2D eigenvalue weighted by atomic mass is 10.1. The first-order valence-corrected chi connectivity index (χ1v) is 8.30. The highest BCUT2D eigenvalue weighted by Gasteiger charge is 2.24. The fraction of sp³-hybridized carbons (Fsp3) is 0.389. The number of carbonyl (C=O) groups excluding carboxylic acids is 1. The van der Waals surface area contributed by atoms with Crippen molar-refractivity contribution in [2.24, 2.45) is 13.0 Å². The van der Waals surface area contributed by atoms with Crippen molar-refractivity contribution in [3.63, 3.8) is 0 Å². The second-order valence-corrected chi connectivity index (χ2v) is 6.49. The minimum absolute atomic E-state index is 0.128. The third kappa shape index (κ3) is 3.81. The van der Waals surface area contributed by atoms with E-state index in [1.165, 1.54) is 10.7 Å². The lowest BCUT2D eigenvalue weighted by molar-refractivity contribution is 0.0948. The van der Waals surface area contributed by atoms with Crippen LogP contribution in [0.4, 0.5) is 5.69 Å². The molecule has 1 atom stereocenters. The molecule has 1 aromatic heterocycles. The Bertz CT molecular complexity index is 846. The Kier molecular flexibility index (Phi) is 4.74. The molecule has 0 saturated carbocycles. The summed E-state index contributed by atoms with van der Waals surface area (Å²) in [5.41, 5.74) is 1.92. The zero-order chi connectivity index (χ0) is 18.0. The van der Waals surface area contributed by atoms with Crippen LogP contribution in [0.5, 0.6) is 5.75 Å². The van der Waals surface area contributed by atoms with Crippen molar-refractivity contribution in [3.8, 4) is 5.75 Å². The van der Waals surface area contributed by atoms with Crippen molar-refractivity contribution in [1.82, 2.24) is 15.1 Å². The number of rotatable bonds is 4. The summed E-state index contributed by atoms with van der Waals surface area (Å²) >= 11 is 0. The van der Waals surface area contributed by atoms with E-state index in [-0.39, 0.29) is 17.2 Å². The maximum Gasteiger partial charge on any atom is 0.268 e. The van der Waals surface area contributed by atoms with Crippen LogP contribution in [0.2, 0.25) is 0 Å². The average Bonchev–Trinajstić information content (AvgIpc) is 3.06. The van der Waals surface area contributed by atoms with E-state index in [1.807, 2.05) is 0 Å². The molecule has 2 aromatic rings. The fourth-order valence-corrected chi connectivity index (χ4v) is 3.00. The van der Waals surface area contributed by atoms with E-state index in [2.05, 4.69) is 15.3 Å². The number of amides is 1. The minimum atomic E-state index is -0.142. The predicted octanol–water partition coefficient (Wildman–Crippen LogP) is 1.05. The summed E-state index contributed by atoms with van der Waals surface area (Å²) in [5, 5.41) is 16.5. The molecule has 132 valence electrons. The van der Waals surface area contributed by atoms with Gasteiger partial charge in [0.1, 0.15) is 5.75 Å². The molecular formula is C18H22N4O3. The lowest BCUT2D eigenvalue weighted by Gasteiger charge is -2.18. The maximum absolute atomic E-state index is 12.2. The Balaban J connectivity index is 1.56. The lowest BCUT2D eigenvalue weighted by Crippen LogP contribution is -2.31. The van der Waals surface area contributed by atoms with Gasteiger partial charge in [-0.3, -0.25) is 9.59 Å². The molecule has 0 aliphatic carbocycles. The van der Waals surface area contributed by atoms with Gasteiger partial charge in [-0.05, 0) is 43.0 Å². The molecule has 3 rings (SSSR count). The molecule has 7 heteroatoms. The fourth-order valence-electron chi connectivity index (χ4n) is 3.00. The average molecular weight is 342 g/mol. The van der Waals surface area contributed by atoms with Gasteiger partial charge in [-0.2, -0.15) is 5.10 Å². The van der Waals surface area contributed by atoms with E-state index in [9.17, 15) is 14.7 Å². The Hall–Kier alpha value is -2.83. The van der Waals surface area contributed by atoms with Crippen LogP contribution in [0.15, 0.2) is 35.3 Å². The number of aromatic hydroxyl groups is 1. The first kappa shape index (κ1) is 17.0. The van der Waals surface area contributed by atoms with E-state index < -0.39 is 0 Å². The molecular weight excluding hydrogens is 320 g/mol. The standard InChI is InChI=1S/C18H22N4O3/c1-12-7-14(3-4-16(12)23)18(25)19-9-13-5-6-22(11-13)15-8-17(24)21(2)20-10-15/h3-4,7-8,10,13,23H,5-6,9,11H2,1-2H3,(H,19,25)/t13-/m0/s1. The normalized spacial score (nSPS) is 16.9. The number of nitrogens with one attached hydrogen (secondary N) is 1. The summed E-state index contributed by atoms with van der Waals surface area (Å²) < 4.78 is 1.30. The number of phenolic OH excluding ortho intramolecular Hbond substituents is 1. The molecule has 2 heterocycles.